The van der Waals surface area contributed by atoms with Crippen LogP contribution in [0.2, 0.25) is 5.02 Å². The van der Waals surface area contributed by atoms with E-state index in [1.165, 1.54) is 6.21 Å². The van der Waals surface area contributed by atoms with E-state index in [0.717, 1.165) is 5.56 Å². The summed E-state index contributed by atoms with van der Waals surface area (Å²) in [5.41, 5.74) is 3.15. The van der Waals surface area contributed by atoms with Crippen molar-refractivity contribution in [3.63, 3.8) is 0 Å². The van der Waals surface area contributed by atoms with Crippen LogP contribution >= 0.6 is 56.8 Å². The van der Waals surface area contributed by atoms with Gasteiger partial charge in [-0.05, 0) is 87.1 Å². The SMILES string of the molecule is O=C(COc1ccc(Cl)cc1)NN=Cc1cc(I)c(O)c(I)c1. The number of phenolic OH excluding ortho intramolecular Hbond substituents is 1. The molecule has 0 radical (unpaired) electrons. The number of phenols is 1. The molecular weight excluding hydrogens is 545 g/mol. The first kappa shape index (κ1) is 18.3. The van der Waals surface area contributed by atoms with Crippen LogP contribution in [0.15, 0.2) is 41.5 Å². The summed E-state index contributed by atoms with van der Waals surface area (Å²) in [6, 6.07) is 10.2. The molecular formula is C15H11ClI2N2O3. The Morgan fingerprint density at radius 1 is 1.26 bits per heavy atom. The predicted octanol–water partition coefficient (Wildman–Crippen LogP) is 3.78. The third-order valence-corrected chi connectivity index (χ3v) is 4.52. The highest BCUT2D eigenvalue weighted by Crippen LogP contribution is 2.26. The second-order valence-corrected chi connectivity index (χ2v) is 7.13. The van der Waals surface area contributed by atoms with E-state index in [1.54, 1.807) is 36.4 Å². The zero-order chi connectivity index (χ0) is 16.8. The van der Waals surface area contributed by atoms with Crippen molar-refractivity contribution in [3.8, 4) is 11.5 Å². The minimum Gasteiger partial charge on any atom is -0.506 e. The van der Waals surface area contributed by atoms with E-state index in [-0.39, 0.29) is 18.3 Å². The number of nitrogens with one attached hydrogen (secondary N) is 1. The summed E-state index contributed by atoms with van der Waals surface area (Å²) in [6.07, 6.45) is 1.50. The fourth-order valence-electron chi connectivity index (χ4n) is 1.55. The van der Waals surface area contributed by atoms with Gasteiger partial charge in [0.2, 0.25) is 0 Å². The summed E-state index contributed by atoms with van der Waals surface area (Å²) in [6.45, 7) is -0.149. The molecule has 2 aromatic rings. The number of aromatic hydroxyl groups is 1. The molecule has 0 aliphatic rings. The van der Waals surface area contributed by atoms with Crippen molar-refractivity contribution in [1.82, 2.24) is 5.43 Å². The van der Waals surface area contributed by atoms with Gasteiger partial charge in [-0.1, -0.05) is 11.6 Å². The molecule has 120 valence electrons. The van der Waals surface area contributed by atoms with E-state index in [4.69, 9.17) is 16.3 Å². The lowest BCUT2D eigenvalue weighted by atomic mass is 10.2. The number of halogens is 3. The van der Waals surface area contributed by atoms with Gasteiger partial charge in [0, 0.05) is 5.02 Å². The summed E-state index contributed by atoms with van der Waals surface area (Å²) in [7, 11) is 0. The highest BCUT2D eigenvalue weighted by Gasteiger charge is 2.05. The first-order valence-corrected chi connectivity index (χ1v) is 8.87. The Labute approximate surface area is 165 Å². The Morgan fingerprint density at radius 3 is 2.48 bits per heavy atom. The highest BCUT2D eigenvalue weighted by molar-refractivity contribution is 14.1. The Balaban J connectivity index is 1.85. The van der Waals surface area contributed by atoms with E-state index >= 15 is 0 Å². The van der Waals surface area contributed by atoms with Crippen LogP contribution in [0.25, 0.3) is 0 Å². The predicted molar refractivity (Wildman–Crippen MR) is 106 cm³/mol. The van der Waals surface area contributed by atoms with Crippen molar-refractivity contribution in [1.29, 1.82) is 0 Å². The maximum absolute atomic E-state index is 11.6. The van der Waals surface area contributed by atoms with Crippen molar-refractivity contribution in [3.05, 3.63) is 54.1 Å². The van der Waals surface area contributed by atoms with E-state index < -0.39 is 0 Å². The van der Waals surface area contributed by atoms with Crippen LogP contribution < -0.4 is 10.2 Å². The molecule has 0 saturated carbocycles. The first-order chi connectivity index (χ1) is 11.0. The standard InChI is InChI=1S/C15H11ClI2N2O3/c16-10-1-3-11(4-2-10)23-8-14(21)20-19-7-9-5-12(17)15(22)13(18)6-9/h1-7,22H,8H2,(H,20,21). The van der Waals surface area contributed by atoms with Crippen LogP contribution in [0, 0.1) is 7.14 Å². The topological polar surface area (TPSA) is 70.9 Å². The fourth-order valence-corrected chi connectivity index (χ4v) is 3.49. The van der Waals surface area contributed by atoms with Gasteiger partial charge in [-0.3, -0.25) is 4.79 Å². The fraction of sp³-hybridized carbons (Fsp3) is 0.0667. The number of carbonyl (C=O) groups is 1. The summed E-state index contributed by atoms with van der Waals surface area (Å²) in [4.78, 5) is 11.6. The lowest BCUT2D eigenvalue weighted by Crippen LogP contribution is -2.24. The zero-order valence-corrected chi connectivity index (χ0v) is 16.7. The molecule has 0 aromatic heterocycles. The number of benzene rings is 2. The van der Waals surface area contributed by atoms with Crippen LogP contribution in [0.1, 0.15) is 5.56 Å². The number of nitrogens with zero attached hydrogens (tertiary/aromatic N) is 1. The quantitative estimate of drug-likeness (QED) is 0.335. The Kier molecular flexibility index (Phi) is 6.90. The molecule has 0 atom stereocenters. The first-order valence-electron chi connectivity index (χ1n) is 6.34. The molecule has 0 heterocycles. The van der Waals surface area contributed by atoms with Crippen LogP contribution in [-0.2, 0) is 4.79 Å². The summed E-state index contributed by atoms with van der Waals surface area (Å²) < 4.78 is 6.73. The lowest BCUT2D eigenvalue weighted by Gasteiger charge is -2.05. The molecule has 0 saturated heterocycles. The van der Waals surface area contributed by atoms with Gasteiger partial charge >= 0.3 is 0 Å². The molecule has 0 bridgehead atoms. The highest BCUT2D eigenvalue weighted by atomic mass is 127. The summed E-state index contributed by atoms with van der Waals surface area (Å²) in [5, 5.41) is 14.2. The number of ether oxygens (including phenoxy) is 1. The molecule has 1 amide bonds. The smallest absolute Gasteiger partial charge is 0.277 e. The second kappa shape index (κ2) is 8.69. The maximum Gasteiger partial charge on any atom is 0.277 e. The van der Waals surface area contributed by atoms with Crippen LogP contribution in [0.5, 0.6) is 11.5 Å². The van der Waals surface area contributed by atoms with Crippen molar-refractivity contribution in [2.75, 3.05) is 6.61 Å². The molecule has 8 heteroatoms. The molecule has 2 N–H and O–H groups in total. The summed E-state index contributed by atoms with van der Waals surface area (Å²) in [5.74, 6) is 0.416. The largest absolute Gasteiger partial charge is 0.506 e. The normalized spacial score (nSPS) is 10.7. The van der Waals surface area contributed by atoms with Gasteiger partial charge in [0.15, 0.2) is 6.61 Å². The molecule has 0 spiro atoms. The Bertz CT molecular complexity index is 713. The van der Waals surface area contributed by atoms with E-state index in [2.05, 4.69) is 10.5 Å². The molecule has 2 rings (SSSR count). The Morgan fingerprint density at radius 2 is 1.87 bits per heavy atom. The monoisotopic (exact) mass is 556 g/mol. The van der Waals surface area contributed by atoms with Gasteiger partial charge in [-0.25, -0.2) is 5.43 Å². The number of hydrazone groups is 1. The minimum absolute atomic E-state index is 0.149. The van der Waals surface area contributed by atoms with E-state index in [0.29, 0.717) is 17.9 Å². The lowest BCUT2D eigenvalue weighted by molar-refractivity contribution is -0.123. The molecule has 0 aliphatic heterocycles. The Hall–Kier alpha value is -1.07. The van der Waals surface area contributed by atoms with Crippen molar-refractivity contribution < 1.29 is 14.6 Å². The van der Waals surface area contributed by atoms with Gasteiger partial charge in [0.25, 0.3) is 5.91 Å². The minimum atomic E-state index is -0.376. The maximum atomic E-state index is 11.6. The molecule has 0 aliphatic carbocycles. The number of amides is 1. The third-order valence-electron chi connectivity index (χ3n) is 2.63. The van der Waals surface area contributed by atoms with E-state index in [9.17, 15) is 9.90 Å². The summed E-state index contributed by atoms with van der Waals surface area (Å²) >= 11 is 9.82. The zero-order valence-electron chi connectivity index (χ0n) is 11.6. The van der Waals surface area contributed by atoms with E-state index in [1.807, 2.05) is 45.2 Å². The van der Waals surface area contributed by atoms with Crippen LogP contribution in [0.4, 0.5) is 0 Å². The van der Waals surface area contributed by atoms with Crippen LogP contribution in [0.3, 0.4) is 0 Å². The van der Waals surface area contributed by atoms with Crippen molar-refractivity contribution in [2.24, 2.45) is 5.10 Å². The molecule has 23 heavy (non-hydrogen) atoms. The average molecular weight is 557 g/mol. The molecule has 2 aromatic carbocycles. The van der Waals surface area contributed by atoms with Gasteiger partial charge in [0.1, 0.15) is 11.5 Å². The van der Waals surface area contributed by atoms with Gasteiger partial charge in [-0.2, -0.15) is 5.10 Å². The van der Waals surface area contributed by atoms with Gasteiger partial charge < -0.3 is 9.84 Å². The molecule has 5 nitrogen and oxygen atoms in total. The number of hydrogen-bond donors (Lipinski definition) is 2. The number of rotatable bonds is 5. The second-order valence-electron chi connectivity index (χ2n) is 4.37. The van der Waals surface area contributed by atoms with Crippen LogP contribution in [-0.4, -0.2) is 23.8 Å². The number of carbonyl (C=O) groups excluding carboxylic acids is 1. The average Bonchev–Trinajstić information content (AvgIpc) is 2.52. The molecule has 0 fully saturated rings. The van der Waals surface area contributed by atoms with Gasteiger partial charge in [0.05, 0.1) is 13.4 Å². The van der Waals surface area contributed by atoms with Gasteiger partial charge in [-0.15, -0.1) is 0 Å². The number of hydrogen-bond acceptors (Lipinski definition) is 4. The molecule has 0 unspecified atom stereocenters. The van der Waals surface area contributed by atoms with Crippen molar-refractivity contribution >= 4 is 68.9 Å². The van der Waals surface area contributed by atoms with Crippen molar-refractivity contribution in [2.45, 2.75) is 0 Å². The third kappa shape index (κ3) is 5.81.